The van der Waals surface area contributed by atoms with Crippen LogP contribution in [-0.4, -0.2) is 27.2 Å². The summed E-state index contributed by atoms with van der Waals surface area (Å²) in [5.74, 6) is 2.68. The summed E-state index contributed by atoms with van der Waals surface area (Å²) in [6.45, 7) is 6.58. The Balaban J connectivity index is 1.98. The molecule has 0 bridgehead atoms. The fraction of sp³-hybridized carbons (Fsp3) is 0.714. The molecule has 0 aliphatic heterocycles. The van der Waals surface area contributed by atoms with Gasteiger partial charge in [0.2, 0.25) is 0 Å². The van der Waals surface area contributed by atoms with Crippen LogP contribution >= 0.6 is 15.9 Å². The van der Waals surface area contributed by atoms with Gasteiger partial charge in [0.05, 0.1) is 5.60 Å². The van der Waals surface area contributed by atoms with Crippen LogP contribution in [0.15, 0.2) is 10.7 Å². The van der Waals surface area contributed by atoms with Gasteiger partial charge in [-0.2, -0.15) is 0 Å². The maximum atomic E-state index is 10.3. The highest BCUT2D eigenvalue weighted by molar-refractivity contribution is 9.10. The molecule has 2 rings (SSSR count). The lowest BCUT2D eigenvalue weighted by atomic mass is 9.94. The number of hydrogen-bond acceptors (Lipinski definition) is 4. The third-order valence-corrected chi connectivity index (χ3v) is 3.56. The van der Waals surface area contributed by atoms with Gasteiger partial charge >= 0.3 is 0 Å². The van der Waals surface area contributed by atoms with Gasteiger partial charge < -0.3 is 10.4 Å². The van der Waals surface area contributed by atoms with E-state index in [-0.39, 0.29) is 0 Å². The molecule has 1 saturated carbocycles. The minimum atomic E-state index is -0.717. The lowest BCUT2D eigenvalue weighted by Gasteiger charge is -2.25. The Labute approximate surface area is 123 Å². The first-order valence-corrected chi connectivity index (χ1v) is 7.66. The third kappa shape index (κ3) is 4.73. The Morgan fingerprint density at radius 1 is 1.47 bits per heavy atom. The van der Waals surface area contributed by atoms with Crippen LogP contribution in [0.2, 0.25) is 0 Å². The van der Waals surface area contributed by atoms with Gasteiger partial charge in [0, 0.05) is 18.5 Å². The highest BCUT2D eigenvalue weighted by Gasteiger charge is 2.27. The number of hydrogen-bond donors (Lipinski definition) is 2. The van der Waals surface area contributed by atoms with E-state index in [9.17, 15) is 5.11 Å². The van der Waals surface area contributed by atoms with Crippen molar-refractivity contribution >= 4 is 21.7 Å². The van der Waals surface area contributed by atoms with Gasteiger partial charge in [-0.05, 0) is 48.0 Å². The van der Waals surface area contributed by atoms with Crippen LogP contribution in [0, 0.1) is 5.92 Å². The molecule has 1 fully saturated rings. The number of nitrogens with one attached hydrogen (secondary N) is 1. The Morgan fingerprint density at radius 2 is 2.16 bits per heavy atom. The molecule has 0 spiro atoms. The van der Waals surface area contributed by atoms with Gasteiger partial charge in [-0.1, -0.05) is 13.8 Å². The molecule has 1 aromatic heterocycles. The molecule has 19 heavy (non-hydrogen) atoms. The average molecular weight is 328 g/mol. The molecule has 2 N–H and O–H groups in total. The molecule has 106 valence electrons. The molecule has 1 unspecified atom stereocenters. The summed E-state index contributed by atoms with van der Waals surface area (Å²) < 4.78 is 0.801. The van der Waals surface area contributed by atoms with Crippen LogP contribution in [-0.2, 0) is 0 Å². The molecule has 1 aliphatic carbocycles. The molecule has 0 aromatic carbocycles. The van der Waals surface area contributed by atoms with Crippen molar-refractivity contribution in [3.63, 3.8) is 0 Å². The van der Waals surface area contributed by atoms with E-state index in [1.165, 1.54) is 12.8 Å². The zero-order chi connectivity index (χ0) is 14.0. The summed E-state index contributed by atoms with van der Waals surface area (Å²) in [5.41, 5.74) is -0.717. The summed E-state index contributed by atoms with van der Waals surface area (Å²) in [6, 6.07) is 1.86. The number of halogens is 1. The molecular weight excluding hydrogens is 306 g/mol. The third-order valence-electron chi connectivity index (χ3n) is 3.15. The molecule has 0 radical (unpaired) electrons. The lowest BCUT2D eigenvalue weighted by Crippen LogP contribution is -2.35. The Morgan fingerprint density at radius 3 is 2.74 bits per heavy atom. The van der Waals surface area contributed by atoms with Crippen LogP contribution in [0.4, 0.5) is 5.82 Å². The largest absolute Gasteiger partial charge is 0.388 e. The van der Waals surface area contributed by atoms with Gasteiger partial charge in [-0.25, -0.2) is 9.97 Å². The SMILES string of the molecule is CC(C)CC(C)(O)CNc1cc(Br)nc(C2CC2)n1. The molecule has 1 heterocycles. The van der Waals surface area contributed by atoms with Crippen LogP contribution in [0.25, 0.3) is 0 Å². The Kier molecular flexibility index (Phi) is 4.46. The summed E-state index contributed by atoms with van der Waals surface area (Å²) in [7, 11) is 0. The van der Waals surface area contributed by atoms with E-state index in [0.717, 1.165) is 22.7 Å². The first-order valence-electron chi connectivity index (χ1n) is 6.86. The molecule has 1 atom stereocenters. The summed E-state index contributed by atoms with van der Waals surface area (Å²) in [5, 5.41) is 13.5. The normalized spacial score (nSPS) is 18.4. The van der Waals surface area contributed by atoms with Crippen molar-refractivity contribution in [2.45, 2.75) is 51.6 Å². The van der Waals surface area contributed by atoms with E-state index in [1.54, 1.807) is 0 Å². The molecule has 0 amide bonds. The predicted octanol–water partition coefficient (Wildman–Crippen LogP) is 3.33. The number of aromatic nitrogens is 2. The zero-order valence-electron chi connectivity index (χ0n) is 11.8. The number of anilines is 1. The van der Waals surface area contributed by atoms with Gasteiger partial charge in [-0.15, -0.1) is 0 Å². The van der Waals surface area contributed by atoms with E-state index >= 15 is 0 Å². The first-order chi connectivity index (χ1) is 8.85. The van der Waals surface area contributed by atoms with Gasteiger partial charge in [0.15, 0.2) is 0 Å². The molecule has 5 heteroatoms. The predicted molar refractivity (Wildman–Crippen MR) is 80.3 cm³/mol. The average Bonchev–Trinajstić information content (AvgIpc) is 3.07. The molecule has 1 aromatic rings. The second kappa shape index (κ2) is 5.75. The first kappa shape index (κ1) is 14.7. The second-order valence-electron chi connectivity index (χ2n) is 6.16. The van der Waals surface area contributed by atoms with Gasteiger partial charge in [-0.3, -0.25) is 0 Å². The minimum Gasteiger partial charge on any atom is -0.388 e. The van der Waals surface area contributed by atoms with Crippen molar-refractivity contribution in [2.75, 3.05) is 11.9 Å². The number of nitrogens with zero attached hydrogens (tertiary/aromatic N) is 2. The van der Waals surface area contributed by atoms with Crippen molar-refractivity contribution in [3.05, 3.63) is 16.5 Å². The standard InChI is InChI=1S/C14H22BrN3O/c1-9(2)7-14(3,19)8-16-12-6-11(15)17-13(18-12)10-4-5-10/h6,9-10,19H,4-5,7-8H2,1-3H3,(H,16,17,18). The Hall–Kier alpha value is -0.680. The smallest absolute Gasteiger partial charge is 0.135 e. The van der Waals surface area contributed by atoms with Gasteiger partial charge in [0.1, 0.15) is 16.2 Å². The van der Waals surface area contributed by atoms with E-state index in [0.29, 0.717) is 18.4 Å². The molecule has 1 aliphatic rings. The van der Waals surface area contributed by atoms with Crippen LogP contribution in [0.1, 0.15) is 51.8 Å². The quantitative estimate of drug-likeness (QED) is 0.787. The summed E-state index contributed by atoms with van der Waals surface area (Å²) >= 11 is 3.42. The monoisotopic (exact) mass is 327 g/mol. The fourth-order valence-electron chi connectivity index (χ4n) is 2.28. The topological polar surface area (TPSA) is 58.0 Å². The van der Waals surface area contributed by atoms with E-state index in [4.69, 9.17) is 0 Å². The fourth-order valence-corrected chi connectivity index (χ4v) is 2.68. The highest BCUT2D eigenvalue weighted by atomic mass is 79.9. The number of rotatable bonds is 6. The van der Waals surface area contributed by atoms with E-state index in [2.05, 4.69) is 45.1 Å². The van der Waals surface area contributed by atoms with Crippen molar-refractivity contribution in [3.8, 4) is 0 Å². The summed E-state index contributed by atoms with van der Waals surface area (Å²) in [6.07, 6.45) is 3.13. The second-order valence-corrected chi connectivity index (χ2v) is 6.97. The minimum absolute atomic E-state index is 0.468. The van der Waals surface area contributed by atoms with Crippen molar-refractivity contribution in [1.82, 2.24) is 9.97 Å². The number of aliphatic hydroxyl groups is 1. The van der Waals surface area contributed by atoms with Crippen molar-refractivity contribution in [2.24, 2.45) is 5.92 Å². The summed E-state index contributed by atoms with van der Waals surface area (Å²) in [4.78, 5) is 8.91. The van der Waals surface area contributed by atoms with Crippen LogP contribution < -0.4 is 5.32 Å². The van der Waals surface area contributed by atoms with E-state index in [1.807, 2.05) is 13.0 Å². The molecular formula is C14H22BrN3O. The maximum absolute atomic E-state index is 10.3. The van der Waals surface area contributed by atoms with Crippen LogP contribution in [0.3, 0.4) is 0 Å². The molecule has 0 saturated heterocycles. The molecule has 4 nitrogen and oxygen atoms in total. The maximum Gasteiger partial charge on any atom is 0.135 e. The van der Waals surface area contributed by atoms with Crippen molar-refractivity contribution in [1.29, 1.82) is 0 Å². The lowest BCUT2D eigenvalue weighted by molar-refractivity contribution is 0.0514. The highest BCUT2D eigenvalue weighted by Crippen LogP contribution is 2.38. The Bertz CT molecular complexity index is 444. The van der Waals surface area contributed by atoms with Gasteiger partial charge in [0.25, 0.3) is 0 Å². The van der Waals surface area contributed by atoms with Crippen molar-refractivity contribution < 1.29 is 5.11 Å². The zero-order valence-corrected chi connectivity index (χ0v) is 13.4. The van der Waals surface area contributed by atoms with Crippen LogP contribution in [0.5, 0.6) is 0 Å². The van der Waals surface area contributed by atoms with E-state index < -0.39 is 5.60 Å².